The summed E-state index contributed by atoms with van der Waals surface area (Å²) in [4.78, 5) is 24.3. The van der Waals surface area contributed by atoms with Crippen molar-refractivity contribution in [3.8, 4) is 0 Å². The summed E-state index contributed by atoms with van der Waals surface area (Å²) < 4.78 is 0. The van der Waals surface area contributed by atoms with Gasteiger partial charge >= 0.3 is 0 Å². The van der Waals surface area contributed by atoms with Gasteiger partial charge in [0, 0.05) is 22.8 Å². The number of nitrogens with two attached hydrogens (primary N) is 1. The van der Waals surface area contributed by atoms with Crippen molar-refractivity contribution in [1.82, 2.24) is 0 Å². The summed E-state index contributed by atoms with van der Waals surface area (Å²) in [5, 5.41) is 8.17. The molecule has 0 radical (unpaired) electrons. The number of nitrogens with one attached hydrogen (secondary N) is 1. The summed E-state index contributed by atoms with van der Waals surface area (Å²) in [5.74, 6) is 0.544. The molecule has 4 aliphatic carbocycles. The molecule has 0 aromatic heterocycles. The van der Waals surface area contributed by atoms with Crippen LogP contribution in [0.25, 0.3) is 0 Å². The van der Waals surface area contributed by atoms with Gasteiger partial charge in [-0.1, -0.05) is 26.0 Å². The third kappa shape index (κ3) is 1.63. The van der Waals surface area contributed by atoms with Crippen molar-refractivity contribution in [2.75, 3.05) is 0 Å². The molecule has 0 amide bonds. The lowest BCUT2D eigenvalue weighted by Gasteiger charge is -2.60. The Bertz CT molecular complexity index is 706. The zero-order chi connectivity index (χ0) is 16.6. The van der Waals surface area contributed by atoms with Gasteiger partial charge in [0.25, 0.3) is 0 Å². The Morgan fingerprint density at radius 1 is 1.22 bits per heavy atom. The third-order valence-corrected chi connectivity index (χ3v) is 7.38. The molecule has 5 atom stereocenters. The first-order valence-corrected chi connectivity index (χ1v) is 8.59. The fraction of sp³-hybridized carbons (Fsp3) is 0.632. The van der Waals surface area contributed by atoms with Gasteiger partial charge in [0.15, 0.2) is 0 Å². The minimum atomic E-state index is -0.414. The van der Waals surface area contributed by atoms with Gasteiger partial charge in [0.1, 0.15) is 11.5 Å². The SMILES string of the molecule is C[C@]12C=CC(=O)C(=N)C1=CC[C@]1(N)C2CC[C@]2(C)C(=O)CCC12. The average molecular weight is 312 g/mol. The highest BCUT2D eigenvalue weighted by Crippen LogP contribution is 2.63. The van der Waals surface area contributed by atoms with Crippen LogP contribution in [0.2, 0.25) is 0 Å². The maximum atomic E-state index is 12.4. The zero-order valence-corrected chi connectivity index (χ0v) is 13.8. The summed E-state index contributed by atoms with van der Waals surface area (Å²) in [7, 11) is 0. The number of allylic oxidation sites excluding steroid dienone is 3. The molecular formula is C19H24N2O2. The van der Waals surface area contributed by atoms with E-state index < -0.39 is 5.54 Å². The van der Waals surface area contributed by atoms with E-state index in [9.17, 15) is 9.59 Å². The standard InChI is InChI=1S/C19H24N2O2/c1-17-8-6-12(22)16(20)11(17)5-10-19(21)13-3-4-15(23)18(13,2)9-7-14(17)19/h5-6,8,13-14,20H,3-4,7,9-10,21H2,1-2H3/t13?,14?,17-,18-,19+/m0/s1. The minimum absolute atomic E-state index is 0.118. The van der Waals surface area contributed by atoms with Crippen LogP contribution in [0.5, 0.6) is 0 Å². The predicted octanol–water partition coefficient (Wildman–Crippen LogP) is 2.57. The second-order valence-corrected chi connectivity index (χ2v) is 8.31. The molecule has 0 heterocycles. The van der Waals surface area contributed by atoms with Gasteiger partial charge in [0.2, 0.25) is 5.78 Å². The Hall–Kier alpha value is -1.55. The highest BCUT2D eigenvalue weighted by Gasteiger charge is 2.64. The summed E-state index contributed by atoms with van der Waals surface area (Å²) in [6.45, 7) is 4.21. The van der Waals surface area contributed by atoms with E-state index in [1.807, 2.05) is 12.2 Å². The Kier molecular flexibility index (Phi) is 2.80. The molecule has 4 nitrogen and oxygen atoms in total. The molecule has 2 saturated carbocycles. The number of fused-ring (bicyclic) bond motifs is 5. The zero-order valence-electron chi connectivity index (χ0n) is 13.8. The van der Waals surface area contributed by atoms with Gasteiger partial charge < -0.3 is 5.73 Å². The first-order chi connectivity index (χ1) is 10.7. The smallest absolute Gasteiger partial charge is 0.203 e. The first kappa shape index (κ1) is 15.0. The monoisotopic (exact) mass is 312 g/mol. The number of Topliss-reactive ketones (excluding diaryl/α,β-unsaturated/α-hetero) is 1. The average Bonchev–Trinajstić information content (AvgIpc) is 2.80. The van der Waals surface area contributed by atoms with E-state index in [2.05, 4.69) is 13.8 Å². The molecule has 0 aromatic carbocycles. The summed E-state index contributed by atoms with van der Waals surface area (Å²) in [5.41, 5.74) is 6.89. The van der Waals surface area contributed by atoms with Gasteiger partial charge in [-0.25, -0.2) is 0 Å². The molecule has 4 heteroatoms. The molecule has 0 saturated heterocycles. The van der Waals surface area contributed by atoms with Crippen LogP contribution in [0, 0.1) is 28.1 Å². The Morgan fingerprint density at radius 3 is 2.70 bits per heavy atom. The van der Waals surface area contributed by atoms with Crippen LogP contribution in [-0.4, -0.2) is 22.8 Å². The third-order valence-electron chi connectivity index (χ3n) is 7.38. The van der Waals surface area contributed by atoms with Gasteiger partial charge in [-0.3, -0.25) is 15.0 Å². The van der Waals surface area contributed by atoms with Gasteiger partial charge in [-0.05, 0) is 49.2 Å². The predicted molar refractivity (Wildman–Crippen MR) is 88.2 cm³/mol. The molecule has 0 bridgehead atoms. The quantitative estimate of drug-likeness (QED) is 0.721. The van der Waals surface area contributed by atoms with E-state index >= 15 is 0 Å². The fourth-order valence-electron chi connectivity index (χ4n) is 6.08. The van der Waals surface area contributed by atoms with Crippen LogP contribution < -0.4 is 5.73 Å². The van der Waals surface area contributed by atoms with E-state index in [1.54, 1.807) is 6.08 Å². The Labute approximate surface area is 136 Å². The molecule has 0 aromatic rings. The molecule has 122 valence electrons. The largest absolute Gasteiger partial charge is 0.324 e. The van der Waals surface area contributed by atoms with Gasteiger partial charge in [-0.2, -0.15) is 0 Å². The van der Waals surface area contributed by atoms with Crippen LogP contribution in [0.4, 0.5) is 0 Å². The summed E-state index contributed by atoms with van der Waals surface area (Å²) in [6, 6.07) is 0. The van der Waals surface area contributed by atoms with Crippen LogP contribution in [-0.2, 0) is 9.59 Å². The lowest BCUT2D eigenvalue weighted by Crippen LogP contribution is -2.66. The Balaban J connectivity index is 1.84. The first-order valence-electron chi connectivity index (χ1n) is 8.59. The molecule has 0 spiro atoms. The van der Waals surface area contributed by atoms with E-state index in [1.165, 1.54) is 0 Å². The topological polar surface area (TPSA) is 84.0 Å². The number of carbonyl (C=O) groups is 2. The second-order valence-electron chi connectivity index (χ2n) is 8.31. The van der Waals surface area contributed by atoms with Crippen molar-refractivity contribution < 1.29 is 9.59 Å². The van der Waals surface area contributed by atoms with Gasteiger partial charge in [0.05, 0.1) is 0 Å². The molecule has 23 heavy (non-hydrogen) atoms. The van der Waals surface area contributed by atoms with E-state index in [-0.39, 0.29) is 34.2 Å². The van der Waals surface area contributed by atoms with Crippen molar-refractivity contribution in [1.29, 1.82) is 5.41 Å². The van der Waals surface area contributed by atoms with Crippen LogP contribution >= 0.6 is 0 Å². The highest BCUT2D eigenvalue weighted by atomic mass is 16.1. The number of rotatable bonds is 0. The molecule has 3 N–H and O–H groups in total. The van der Waals surface area contributed by atoms with Crippen molar-refractivity contribution in [3.05, 3.63) is 23.8 Å². The van der Waals surface area contributed by atoms with E-state index in [0.29, 0.717) is 18.6 Å². The van der Waals surface area contributed by atoms with Crippen molar-refractivity contribution in [2.45, 2.75) is 51.5 Å². The van der Waals surface area contributed by atoms with E-state index in [0.717, 1.165) is 24.8 Å². The highest BCUT2D eigenvalue weighted by molar-refractivity contribution is 6.49. The van der Waals surface area contributed by atoms with Crippen LogP contribution in [0.15, 0.2) is 23.8 Å². The fourth-order valence-corrected chi connectivity index (χ4v) is 6.08. The minimum Gasteiger partial charge on any atom is -0.324 e. The summed E-state index contributed by atoms with van der Waals surface area (Å²) >= 11 is 0. The van der Waals surface area contributed by atoms with Crippen molar-refractivity contribution in [3.63, 3.8) is 0 Å². The second kappa shape index (κ2) is 4.29. The van der Waals surface area contributed by atoms with Crippen molar-refractivity contribution >= 4 is 17.3 Å². The van der Waals surface area contributed by atoms with Crippen LogP contribution in [0.3, 0.4) is 0 Å². The molecule has 2 unspecified atom stereocenters. The molecule has 0 aliphatic heterocycles. The number of ketones is 2. The molecular weight excluding hydrogens is 288 g/mol. The lowest BCUT2D eigenvalue weighted by atomic mass is 9.46. The summed E-state index contributed by atoms with van der Waals surface area (Å²) in [6.07, 6.45) is 9.45. The molecule has 4 rings (SSSR count). The Morgan fingerprint density at radius 2 is 1.96 bits per heavy atom. The van der Waals surface area contributed by atoms with Crippen LogP contribution in [0.1, 0.15) is 46.0 Å². The van der Waals surface area contributed by atoms with E-state index in [4.69, 9.17) is 11.1 Å². The molecule has 2 fully saturated rings. The number of hydrogen-bond donors (Lipinski definition) is 2. The maximum absolute atomic E-state index is 12.4. The maximum Gasteiger partial charge on any atom is 0.203 e. The number of hydrogen-bond acceptors (Lipinski definition) is 4. The molecule has 4 aliphatic rings. The normalized spacial score (nSPS) is 48.7. The lowest BCUT2D eigenvalue weighted by molar-refractivity contribution is -0.132. The van der Waals surface area contributed by atoms with Gasteiger partial charge in [-0.15, -0.1) is 0 Å². The van der Waals surface area contributed by atoms with Crippen molar-refractivity contribution in [2.24, 2.45) is 28.4 Å². The number of carbonyl (C=O) groups excluding carboxylic acids is 2.